The lowest BCUT2D eigenvalue weighted by Gasteiger charge is -2.39. The highest BCUT2D eigenvalue weighted by atomic mass is 35.5. The highest BCUT2D eigenvalue weighted by molar-refractivity contribution is 6.30. The predicted molar refractivity (Wildman–Crippen MR) is 265 cm³/mol. The molecular weight excluding hydrogens is 874 g/mol. The van der Waals surface area contributed by atoms with Gasteiger partial charge in [-0.1, -0.05) is 17.7 Å². The molecule has 12 heteroatoms. The predicted octanol–water partition coefficient (Wildman–Crippen LogP) is 7.42. The molecule has 0 fully saturated rings. The van der Waals surface area contributed by atoms with Crippen molar-refractivity contribution in [2.75, 3.05) is 51.3 Å². The molecule has 6 heterocycles. The molecule has 11 rings (SSSR count). The van der Waals surface area contributed by atoms with Crippen LogP contribution in [-0.2, 0) is 36.9 Å². The molecule has 0 aliphatic carbocycles. The van der Waals surface area contributed by atoms with Gasteiger partial charge in [0.25, 0.3) is 11.8 Å². The number of nitrogens with one attached hydrogen (secondary N) is 2. The molecule has 5 aliphatic rings. The van der Waals surface area contributed by atoms with E-state index < -0.39 is 0 Å². The van der Waals surface area contributed by atoms with Crippen LogP contribution in [0, 0.1) is 6.92 Å². The Labute approximate surface area is 400 Å². The summed E-state index contributed by atoms with van der Waals surface area (Å²) in [5.41, 5.74) is 12.9. The van der Waals surface area contributed by atoms with Gasteiger partial charge in [-0.25, -0.2) is 4.58 Å². The van der Waals surface area contributed by atoms with Gasteiger partial charge in [0.15, 0.2) is 6.29 Å². The minimum Gasteiger partial charge on any atom is -0.497 e. The molecule has 2 N–H and O–H groups in total. The van der Waals surface area contributed by atoms with Gasteiger partial charge in [-0.3, -0.25) is 23.7 Å². The molecule has 68 heavy (non-hydrogen) atoms. The van der Waals surface area contributed by atoms with Gasteiger partial charge in [0.1, 0.15) is 30.3 Å². The van der Waals surface area contributed by atoms with Crippen LogP contribution in [0.15, 0.2) is 72.8 Å². The van der Waals surface area contributed by atoms with Gasteiger partial charge >= 0.3 is 0 Å². The van der Waals surface area contributed by atoms with Gasteiger partial charge in [0.05, 0.1) is 24.6 Å². The number of fused-ring (bicyclic) bond motifs is 5. The molecule has 5 aliphatic heterocycles. The summed E-state index contributed by atoms with van der Waals surface area (Å²) in [6, 6.07) is 22.3. The lowest BCUT2D eigenvalue weighted by molar-refractivity contribution is -0.120. The number of halogens is 1. The second-order valence-electron chi connectivity index (χ2n) is 18.8. The monoisotopic (exact) mass is 928 g/mol. The van der Waals surface area contributed by atoms with Crippen LogP contribution in [0.3, 0.4) is 0 Å². The molecule has 0 saturated carbocycles. The minimum atomic E-state index is -0.219. The van der Waals surface area contributed by atoms with Crippen molar-refractivity contribution in [2.45, 2.75) is 77.6 Å². The number of carbonyl (C=O) groups excluding carboxylic acids is 4. The Morgan fingerprint density at radius 3 is 2.32 bits per heavy atom. The Kier molecular flexibility index (Phi) is 11.6. The van der Waals surface area contributed by atoms with Gasteiger partial charge < -0.3 is 25.0 Å². The van der Waals surface area contributed by atoms with Crippen molar-refractivity contribution in [2.24, 2.45) is 0 Å². The molecule has 0 saturated heterocycles. The maximum absolute atomic E-state index is 14.0. The lowest BCUT2D eigenvalue weighted by atomic mass is 9.81. The SMILES string of the molecule is COc1ccc2c(c1)c(CC(=O)NCCCCNC(=O)c1ccc(C=O)c(C3=c4cc5c6c(c4Oc4c3cc3c7c4CCCN7CCC3)CCC[N+]=6CCC5)c1)c(C)n2C(=O)c1ccc(Cl)cc1. The van der Waals surface area contributed by atoms with Crippen LogP contribution in [0.2, 0.25) is 5.02 Å². The van der Waals surface area contributed by atoms with Crippen molar-refractivity contribution in [3.05, 3.63) is 150 Å². The van der Waals surface area contributed by atoms with Crippen LogP contribution in [0.25, 0.3) is 16.5 Å². The number of anilines is 1. The van der Waals surface area contributed by atoms with E-state index in [-0.39, 0.29) is 24.1 Å². The summed E-state index contributed by atoms with van der Waals surface area (Å²) in [4.78, 5) is 56.7. The van der Waals surface area contributed by atoms with E-state index in [1.165, 1.54) is 33.3 Å². The second-order valence-corrected chi connectivity index (χ2v) is 19.3. The number of aromatic nitrogens is 1. The number of nitrogens with zero attached hydrogens (tertiary/aromatic N) is 3. The summed E-state index contributed by atoms with van der Waals surface area (Å²) in [7, 11) is 1.59. The zero-order valence-corrected chi connectivity index (χ0v) is 39.5. The van der Waals surface area contributed by atoms with Crippen LogP contribution >= 0.6 is 11.6 Å². The smallest absolute Gasteiger partial charge is 0.262 e. The zero-order valence-electron chi connectivity index (χ0n) is 38.7. The average molecular weight is 930 g/mol. The minimum absolute atomic E-state index is 0.0802. The first kappa shape index (κ1) is 43.8. The normalized spacial score (nSPS) is 15.4. The highest BCUT2D eigenvalue weighted by Crippen LogP contribution is 2.49. The number of amides is 2. The van der Waals surface area contributed by atoms with Crippen molar-refractivity contribution in [3.63, 3.8) is 0 Å². The number of aryl methyl sites for hydroxylation is 2. The summed E-state index contributed by atoms with van der Waals surface area (Å²) in [6.07, 6.45) is 10.5. The van der Waals surface area contributed by atoms with Crippen molar-refractivity contribution in [1.82, 2.24) is 19.8 Å². The van der Waals surface area contributed by atoms with Gasteiger partial charge in [-0.15, -0.1) is 0 Å². The maximum Gasteiger partial charge on any atom is 0.262 e. The maximum atomic E-state index is 14.0. The third kappa shape index (κ3) is 7.65. The van der Waals surface area contributed by atoms with Crippen LogP contribution in [0.1, 0.15) is 114 Å². The first-order valence-corrected chi connectivity index (χ1v) is 24.6. The van der Waals surface area contributed by atoms with Gasteiger partial charge in [-0.2, -0.15) is 0 Å². The van der Waals surface area contributed by atoms with Gasteiger partial charge in [0.2, 0.25) is 11.3 Å². The fourth-order valence-electron chi connectivity index (χ4n) is 11.6. The summed E-state index contributed by atoms with van der Waals surface area (Å²) >= 11 is 6.10. The number of hydrogen-bond acceptors (Lipinski definition) is 7. The van der Waals surface area contributed by atoms with Crippen LogP contribution < -0.4 is 40.2 Å². The quantitative estimate of drug-likeness (QED) is 0.0744. The van der Waals surface area contributed by atoms with E-state index in [2.05, 4.69) is 32.2 Å². The van der Waals surface area contributed by atoms with E-state index in [4.69, 9.17) is 21.1 Å². The molecule has 0 unspecified atom stereocenters. The molecular formula is C56H55ClN5O6+. The number of methoxy groups -OCH3 is 1. The van der Waals surface area contributed by atoms with Crippen molar-refractivity contribution in [3.8, 4) is 17.2 Å². The first-order valence-electron chi connectivity index (χ1n) is 24.3. The second kappa shape index (κ2) is 18.1. The largest absolute Gasteiger partial charge is 0.497 e. The third-order valence-electron chi connectivity index (χ3n) is 14.8. The van der Waals surface area contributed by atoms with Crippen molar-refractivity contribution < 1.29 is 28.7 Å². The number of ether oxygens (including phenoxy) is 2. The van der Waals surface area contributed by atoms with Crippen LogP contribution in [0.4, 0.5) is 5.69 Å². The molecule has 1 aromatic heterocycles. The Balaban J connectivity index is 0.822. The Hall–Kier alpha value is -6.72. The number of rotatable bonds is 12. The van der Waals surface area contributed by atoms with E-state index >= 15 is 0 Å². The number of aldehydes is 1. The molecule has 5 aromatic carbocycles. The highest BCUT2D eigenvalue weighted by Gasteiger charge is 2.36. The molecule has 0 radical (unpaired) electrons. The van der Waals surface area contributed by atoms with E-state index in [0.29, 0.717) is 64.6 Å². The zero-order chi connectivity index (χ0) is 46.6. The summed E-state index contributed by atoms with van der Waals surface area (Å²) in [6.45, 7) is 6.91. The molecule has 0 atom stereocenters. The van der Waals surface area contributed by atoms with Gasteiger partial charge in [0, 0.05) is 105 Å². The fraction of sp³-hybridized carbons (Fsp3) is 0.339. The first-order chi connectivity index (χ1) is 33.2. The number of carbonyl (C=O) groups is 4. The summed E-state index contributed by atoms with van der Waals surface area (Å²) in [5, 5.41) is 9.81. The standard InChI is InChI=1S/C56H54ClN5O6/c1-33-43(45-30-40(67-2)19-20-48(45)62(33)56(66)34-15-17-39(57)18-16-34)31-49(64)58-21-3-4-22-59-55(65)37-13-14-38(32-63)44(29-37)50-46-27-35-9-5-23-60-25-7-11-41(51(35)60)53(46)68-54-42-12-8-26-61-24-6-10-36(52(42)61)28-47(50)54/h13-20,27-30,32H,3-12,21-26,31H2,1-2H3,(H-,58,59,64,65)/p+1. The van der Waals surface area contributed by atoms with E-state index in [9.17, 15) is 19.2 Å². The lowest BCUT2D eigenvalue weighted by Crippen LogP contribution is -2.45. The van der Waals surface area contributed by atoms with Crippen molar-refractivity contribution >= 4 is 57.8 Å². The van der Waals surface area contributed by atoms with Gasteiger partial charge in [-0.05, 0) is 142 Å². The Morgan fingerprint density at radius 2 is 1.53 bits per heavy atom. The van der Waals surface area contributed by atoms with Crippen LogP contribution in [0.5, 0.6) is 17.2 Å². The third-order valence-corrected chi connectivity index (χ3v) is 15.0. The molecule has 6 aromatic rings. The Morgan fingerprint density at radius 1 is 0.794 bits per heavy atom. The molecule has 0 spiro atoms. The average Bonchev–Trinajstić information content (AvgIpc) is 3.63. The molecule has 346 valence electrons. The summed E-state index contributed by atoms with van der Waals surface area (Å²) < 4.78 is 16.9. The summed E-state index contributed by atoms with van der Waals surface area (Å²) in [5.74, 6) is 1.85. The molecule has 0 bridgehead atoms. The van der Waals surface area contributed by atoms with E-state index in [1.807, 2.05) is 25.1 Å². The topological polar surface area (TPSA) is 122 Å². The fourth-order valence-corrected chi connectivity index (χ4v) is 11.7. The number of hydrogen-bond donors (Lipinski definition) is 2. The van der Waals surface area contributed by atoms with E-state index in [0.717, 1.165) is 128 Å². The number of unbranched alkanes of at least 4 members (excludes halogenated alkanes) is 1. The van der Waals surface area contributed by atoms with E-state index in [1.54, 1.807) is 54.1 Å². The Bertz CT molecular complexity index is 3240. The van der Waals surface area contributed by atoms with Crippen LogP contribution in [-0.4, -0.2) is 75.0 Å². The molecule has 11 nitrogen and oxygen atoms in total. The van der Waals surface area contributed by atoms with Crippen molar-refractivity contribution in [1.29, 1.82) is 0 Å². The number of benzene rings is 5. The molecule has 2 amide bonds.